The molecular weight excluding hydrogens is 206 g/mol. The molecule has 1 aliphatic rings. The summed E-state index contributed by atoms with van der Waals surface area (Å²) in [6.07, 6.45) is 13.0. The Labute approximate surface area is 109 Å². The second kappa shape index (κ2) is 8.97. The first-order valence-electron chi connectivity index (χ1n) is 8.05. The molecule has 1 atom stereocenters. The molecule has 17 heavy (non-hydrogen) atoms. The number of rotatable bonds is 7. The van der Waals surface area contributed by atoms with Crippen molar-refractivity contribution in [3.05, 3.63) is 0 Å². The lowest BCUT2D eigenvalue weighted by molar-refractivity contribution is 0.267. The molecule has 0 saturated heterocycles. The van der Waals surface area contributed by atoms with E-state index in [1.165, 1.54) is 57.8 Å². The maximum absolute atomic E-state index is 3.75. The number of hydrogen-bond acceptors (Lipinski definition) is 1. The van der Waals surface area contributed by atoms with Crippen LogP contribution >= 0.6 is 0 Å². The first-order chi connectivity index (χ1) is 8.31. The lowest BCUT2D eigenvalue weighted by Gasteiger charge is -2.29. The van der Waals surface area contributed by atoms with E-state index in [-0.39, 0.29) is 0 Å². The first kappa shape index (κ1) is 15.0. The van der Waals surface area contributed by atoms with Gasteiger partial charge in [0.15, 0.2) is 0 Å². The summed E-state index contributed by atoms with van der Waals surface area (Å²) >= 11 is 0. The van der Waals surface area contributed by atoms with Crippen LogP contribution in [0.2, 0.25) is 0 Å². The van der Waals surface area contributed by atoms with Crippen molar-refractivity contribution < 1.29 is 0 Å². The molecule has 0 radical (unpaired) electrons. The van der Waals surface area contributed by atoms with Gasteiger partial charge >= 0.3 is 0 Å². The van der Waals surface area contributed by atoms with Crippen LogP contribution in [0.1, 0.15) is 78.6 Å². The fourth-order valence-electron chi connectivity index (χ4n) is 3.52. The molecule has 1 nitrogen and oxygen atoms in total. The highest BCUT2D eigenvalue weighted by atomic mass is 14.9. The third-order valence-electron chi connectivity index (χ3n) is 4.65. The molecule has 0 spiro atoms. The molecule has 1 unspecified atom stereocenters. The Morgan fingerprint density at radius 2 is 1.53 bits per heavy atom. The van der Waals surface area contributed by atoms with E-state index in [1.807, 2.05) is 0 Å². The summed E-state index contributed by atoms with van der Waals surface area (Å²) in [5, 5.41) is 3.75. The highest BCUT2D eigenvalue weighted by Crippen LogP contribution is 2.29. The van der Waals surface area contributed by atoms with E-state index in [9.17, 15) is 0 Å². The molecule has 1 N–H and O–H groups in total. The van der Waals surface area contributed by atoms with E-state index >= 15 is 0 Å². The summed E-state index contributed by atoms with van der Waals surface area (Å²) in [6.45, 7) is 8.09. The molecule has 0 aromatic rings. The molecular formula is C16H33N. The van der Waals surface area contributed by atoms with Gasteiger partial charge in [0.25, 0.3) is 0 Å². The van der Waals surface area contributed by atoms with Crippen molar-refractivity contribution in [3.8, 4) is 0 Å². The van der Waals surface area contributed by atoms with Crippen LogP contribution in [0.15, 0.2) is 0 Å². The Hall–Kier alpha value is -0.0400. The van der Waals surface area contributed by atoms with Gasteiger partial charge in [0.1, 0.15) is 0 Å². The second-order valence-corrected chi connectivity index (χ2v) is 5.83. The van der Waals surface area contributed by atoms with Crippen molar-refractivity contribution in [2.24, 2.45) is 11.8 Å². The normalized spacial score (nSPS) is 20.5. The van der Waals surface area contributed by atoms with Crippen LogP contribution < -0.4 is 5.32 Å². The predicted molar refractivity (Wildman–Crippen MR) is 77.3 cm³/mol. The lowest BCUT2D eigenvalue weighted by atomic mass is 9.84. The molecule has 1 saturated carbocycles. The van der Waals surface area contributed by atoms with Crippen molar-refractivity contribution in [2.75, 3.05) is 6.54 Å². The van der Waals surface area contributed by atoms with Crippen LogP contribution in [0, 0.1) is 11.8 Å². The minimum atomic E-state index is 0.776. The van der Waals surface area contributed by atoms with E-state index < -0.39 is 0 Å². The van der Waals surface area contributed by atoms with Gasteiger partial charge in [-0.15, -0.1) is 0 Å². The van der Waals surface area contributed by atoms with Crippen molar-refractivity contribution >= 4 is 0 Å². The Balaban J connectivity index is 2.45. The van der Waals surface area contributed by atoms with Crippen molar-refractivity contribution in [3.63, 3.8) is 0 Å². The van der Waals surface area contributed by atoms with E-state index in [0.717, 1.165) is 24.4 Å². The molecule has 1 heteroatoms. The third-order valence-corrected chi connectivity index (χ3v) is 4.65. The largest absolute Gasteiger partial charge is 0.314 e. The molecule has 0 amide bonds. The molecule has 102 valence electrons. The quantitative estimate of drug-likeness (QED) is 0.632. The molecule has 0 aromatic carbocycles. The molecule has 0 bridgehead atoms. The highest BCUT2D eigenvalue weighted by Gasteiger charge is 2.22. The summed E-state index contributed by atoms with van der Waals surface area (Å²) in [7, 11) is 0. The van der Waals surface area contributed by atoms with Gasteiger partial charge in [-0.2, -0.15) is 0 Å². The fourth-order valence-corrected chi connectivity index (χ4v) is 3.52. The fraction of sp³-hybridized carbons (Fsp3) is 1.00. The number of hydrogen-bond donors (Lipinski definition) is 1. The van der Waals surface area contributed by atoms with Crippen LogP contribution in [0.3, 0.4) is 0 Å². The summed E-state index contributed by atoms with van der Waals surface area (Å²) in [4.78, 5) is 0. The lowest BCUT2D eigenvalue weighted by Crippen LogP contribution is -2.37. The summed E-state index contributed by atoms with van der Waals surface area (Å²) in [5.74, 6) is 1.89. The van der Waals surface area contributed by atoms with Crippen LogP contribution in [0.25, 0.3) is 0 Å². The van der Waals surface area contributed by atoms with E-state index in [0.29, 0.717) is 0 Å². The zero-order valence-corrected chi connectivity index (χ0v) is 12.3. The molecule has 0 heterocycles. The zero-order chi connectivity index (χ0) is 12.5. The summed E-state index contributed by atoms with van der Waals surface area (Å²) < 4.78 is 0. The van der Waals surface area contributed by atoms with Gasteiger partial charge in [-0.3, -0.25) is 0 Å². The predicted octanol–water partition coefficient (Wildman–Crippen LogP) is 4.76. The molecule has 1 aliphatic carbocycles. The molecule has 0 aromatic heterocycles. The highest BCUT2D eigenvalue weighted by molar-refractivity contribution is 4.79. The SMILES string of the molecule is CCNC(CC1CCCCCC1)C(CC)CC. The van der Waals surface area contributed by atoms with Crippen molar-refractivity contribution in [2.45, 2.75) is 84.6 Å². The Morgan fingerprint density at radius 1 is 0.941 bits per heavy atom. The van der Waals surface area contributed by atoms with Gasteiger partial charge < -0.3 is 5.32 Å². The van der Waals surface area contributed by atoms with Crippen LogP contribution in [-0.4, -0.2) is 12.6 Å². The Morgan fingerprint density at radius 3 is 2.00 bits per heavy atom. The van der Waals surface area contributed by atoms with E-state index in [1.54, 1.807) is 0 Å². The Bertz CT molecular complexity index is 166. The van der Waals surface area contributed by atoms with E-state index in [2.05, 4.69) is 26.1 Å². The number of nitrogens with one attached hydrogen (secondary N) is 1. The zero-order valence-electron chi connectivity index (χ0n) is 12.3. The van der Waals surface area contributed by atoms with Gasteiger partial charge in [0.05, 0.1) is 0 Å². The van der Waals surface area contributed by atoms with Crippen LogP contribution in [-0.2, 0) is 0 Å². The maximum Gasteiger partial charge on any atom is 0.00976 e. The van der Waals surface area contributed by atoms with Crippen molar-refractivity contribution in [1.29, 1.82) is 0 Å². The maximum atomic E-state index is 3.75. The van der Waals surface area contributed by atoms with Crippen LogP contribution in [0.4, 0.5) is 0 Å². The summed E-state index contributed by atoms with van der Waals surface area (Å²) in [5.41, 5.74) is 0. The van der Waals surface area contributed by atoms with Gasteiger partial charge in [-0.25, -0.2) is 0 Å². The van der Waals surface area contributed by atoms with E-state index in [4.69, 9.17) is 0 Å². The average molecular weight is 239 g/mol. The smallest absolute Gasteiger partial charge is 0.00976 e. The topological polar surface area (TPSA) is 12.0 Å². The minimum Gasteiger partial charge on any atom is -0.314 e. The average Bonchev–Trinajstić information content (AvgIpc) is 2.59. The van der Waals surface area contributed by atoms with Gasteiger partial charge in [0, 0.05) is 6.04 Å². The first-order valence-corrected chi connectivity index (χ1v) is 8.05. The van der Waals surface area contributed by atoms with Gasteiger partial charge in [-0.05, 0) is 24.8 Å². The van der Waals surface area contributed by atoms with Gasteiger partial charge in [0.2, 0.25) is 0 Å². The minimum absolute atomic E-state index is 0.776. The standard InChI is InChI=1S/C16H33N/c1-4-15(5-2)16(17-6-3)13-14-11-9-7-8-10-12-14/h14-17H,4-13H2,1-3H3. The Kier molecular flexibility index (Phi) is 7.92. The van der Waals surface area contributed by atoms with Crippen molar-refractivity contribution in [1.82, 2.24) is 5.32 Å². The molecule has 1 fully saturated rings. The molecule has 0 aliphatic heterocycles. The monoisotopic (exact) mass is 239 g/mol. The summed E-state index contributed by atoms with van der Waals surface area (Å²) in [6, 6.07) is 0.776. The van der Waals surface area contributed by atoms with Gasteiger partial charge in [-0.1, -0.05) is 72.1 Å². The van der Waals surface area contributed by atoms with Crippen LogP contribution in [0.5, 0.6) is 0 Å². The second-order valence-electron chi connectivity index (χ2n) is 5.83. The molecule has 1 rings (SSSR count). The third kappa shape index (κ3) is 5.42.